The highest BCUT2D eigenvalue weighted by Gasteiger charge is 2.20. The topological polar surface area (TPSA) is 47.0 Å². The van der Waals surface area contributed by atoms with Crippen molar-refractivity contribution in [1.29, 1.82) is 0 Å². The van der Waals surface area contributed by atoms with E-state index in [1.54, 1.807) is 18.2 Å². The lowest BCUT2D eigenvalue weighted by atomic mass is 10.4. The van der Waals surface area contributed by atoms with Crippen LogP contribution in [0.4, 0.5) is 0 Å². The summed E-state index contributed by atoms with van der Waals surface area (Å²) in [6.45, 7) is 0. The first kappa shape index (κ1) is 11.1. The quantitative estimate of drug-likeness (QED) is 0.771. The van der Waals surface area contributed by atoms with Gasteiger partial charge in [0.05, 0.1) is 11.1 Å². The molecule has 1 heterocycles. The average Bonchev–Trinajstić information content (AvgIpc) is 2.30. The molecule has 0 unspecified atom stereocenters. The van der Waals surface area contributed by atoms with Crippen molar-refractivity contribution >= 4 is 21.4 Å². The molecule has 0 saturated heterocycles. The van der Waals surface area contributed by atoms with Crippen LogP contribution >= 0.6 is 11.6 Å². The summed E-state index contributed by atoms with van der Waals surface area (Å²) in [5.41, 5.74) is 0. The van der Waals surface area contributed by atoms with E-state index < -0.39 is 9.84 Å². The molecule has 3 nitrogen and oxygen atoms in total. The first-order chi connectivity index (χ1) is 7.62. The van der Waals surface area contributed by atoms with Gasteiger partial charge in [-0.25, -0.2) is 13.4 Å². The summed E-state index contributed by atoms with van der Waals surface area (Å²) in [7, 11) is -3.58. The van der Waals surface area contributed by atoms with Gasteiger partial charge in [0.1, 0.15) is 10.0 Å². The summed E-state index contributed by atoms with van der Waals surface area (Å²) in [6.07, 6.45) is 2.48. The van der Waals surface area contributed by atoms with E-state index in [4.69, 9.17) is 11.6 Å². The molecule has 1 aromatic heterocycles. The van der Waals surface area contributed by atoms with Crippen LogP contribution in [0.2, 0.25) is 5.15 Å². The molecule has 0 amide bonds. The lowest BCUT2D eigenvalue weighted by Crippen LogP contribution is -2.03. The fourth-order valence-corrected chi connectivity index (χ4v) is 2.96. The molecule has 0 atom stereocenters. The number of nitrogens with zero attached hydrogens (tertiary/aromatic N) is 1. The van der Waals surface area contributed by atoms with Gasteiger partial charge >= 0.3 is 0 Å². The highest BCUT2D eigenvalue weighted by Crippen LogP contribution is 2.24. The molecule has 0 saturated carbocycles. The molecular formula is C11H7ClNO2S. The van der Waals surface area contributed by atoms with Gasteiger partial charge in [-0.15, -0.1) is 0 Å². The zero-order valence-corrected chi connectivity index (χ0v) is 9.66. The summed E-state index contributed by atoms with van der Waals surface area (Å²) in [6, 6.07) is 10.9. The van der Waals surface area contributed by atoms with Gasteiger partial charge in [0.15, 0.2) is 0 Å². The zero-order valence-electron chi connectivity index (χ0n) is 8.09. The standard InChI is InChI=1S/C11H7ClNO2S/c12-11-10(7-4-8-13-11)16(14,15)9-5-2-1-3-6-9/h1-7H. The second-order valence-electron chi connectivity index (χ2n) is 3.05. The fraction of sp³-hybridized carbons (Fsp3) is 0. The molecule has 1 radical (unpaired) electrons. The molecule has 0 bridgehead atoms. The summed E-state index contributed by atoms with van der Waals surface area (Å²) in [5.74, 6) is 0. The van der Waals surface area contributed by atoms with Crippen LogP contribution < -0.4 is 0 Å². The third-order valence-electron chi connectivity index (χ3n) is 2.02. The van der Waals surface area contributed by atoms with Gasteiger partial charge in [-0.2, -0.15) is 0 Å². The number of pyridine rings is 1. The van der Waals surface area contributed by atoms with E-state index in [-0.39, 0.29) is 14.9 Å². The first-order valence-electron chi connectivity index (χ1n) is 4.45. The third kappa shape index (κ3) is 1.94. The summed E-state index contributed by atoms with van der Waals surface area (Å²) in [4.78, 5) is 3.83. The Hall–Kier alpha value is -1.39. The smallest absolute Gasteiger partial charge is 0.209 e. The Morgan fingerprint density at radius 2 is 1.81 bits per heavy atom. The fourth-order valence-electron chi connectivity index (χ4n) is 1.26. The van der Waals surface area contributed by atoms with Crippen molar-refractivity contribution in [1.82, 2.24) is 4.98 Å². The molecular weight excluding hydrogens is 246 g/mol. The Kier molecular flexibility index (Phi) is 2.94. The van der Waals surface area contributed by atoms with E-state index >= 15 is 0 Å². The van der Waals surface area contributed by atoms with Gasteiger partial charge in [0.25, 0.3) is 0 Å². The normalized spacial score (nSPS) is 11.3. The molecule has 2 aromatic rings. The van der Waals surface area contributed by atoms with Crippen LogP contribution in [0, 0.1) is 6.20 Å². The van der Waals surface area contributed by atoms with Gasteiger partial charge in [-0.05, 0) is 24.3 Å². The van der Waals surface area contributed by atoms with Gasteiger partial charge in [-0.3, -0.25) is 0 Å². The van der Waals surface area contributed by atoms with Crippen LogP contribution in [0.3, 0.4) is 0 Å². The molecule has 5 heteroatoms. The van der Waals surface area contributed by atoms with Crippen LogP contribution in [-0.4, -0.2) is 13.4 Å². The van der Waals surface area contributed by atoms with Crippen molar-refractivity contribution in [2.24, 2.45) is 0 Å². The van der Waals surface area contributed by atoms with Gasteiger partial charge in [0.2, 0.25) is 9.84 Å². The molecule has 0 aliphatic carbocycles. The minimum Gasteiger partial charge on any atom is -0.233 e. The lowest BCUT2D eigenvalue weighted by Gasteiger charge is -2.04. The SMILES string of the molecule is O=S(=O)(c1ccccc1)c1cc[c]nc1Cl. The Morgan fingerprint density at radius 1 is 1.12 bits per heavy atom. The zero-order chi connectivity index (χ0) is 11.6. The molecule has 0 aliphatic heterocycles. The van der Waals surface area contributed by atoms with Crippen molar-refractivity contribution in [3.63, 3.8) is 0 Å². The predicted octanol–water partition coefficient (Wildman–Crippen LogP) is 2.37. The Bertz CT molecular complexity index is 596. The summed E-state index contributed by atoms with van der Waals surface area (Å²) in [5, 5.41) is -0.0636. The van der Waals surface area contributed by atoms with E-state index in [9.17, 15) is 8.42 Å². The van der Waals surface area contributed by atoms with Crippen molar-refractivity contribution in [2.75, 3.05) is 0 Å². The molecule has 0 aliphatic rings. The van der Waals surface area contributed by atoms with Crippen molar-refractivity contribution in [3.8, 4) is 0 Å². The van der Waals surface area contributed by atoms with Crippen molar-refractivity contribution in [2.45, 2.75) is 9.79 Å². The monoisotopic (exact) mass is 252 g/mol. The molecule has 0 fully saturated rings. The molecule has 0 N–H and O–H groups in total. The van der Waals surface area contributed by atoms with Crippen LogP contribution in [-0.2, 0) is 9.84 Å². The maximum atomic E-state index is 12.1. The van der Waals surface area contributed by atoms with Gasteiger partial charge in [0, 0.05) is 0 Å². The first-order valence-corrected chi connectivity index (χ1v) is 6.31. The van der Waals surface area contributed by atoms with E-state index in [0.29, 0.717) is 0 Å². The predicted molar refractivity (Wildman–Crippen MR) is 60.0 cm³/mol. The maximum absolute atomic E-state index is 12.1. The number of aromatic nitrogens is 1. The van der Waals surface area contributed by atoms with E-state index in [0.717, 1.165) is 0 Å². The highest BCUT2D eigenvalue weighted by atomic mass is 35.5. The van der Waals surface area contributed by atoms with Crippen LogP contribution in [0.1, 0.15) is 0 Å². The third-order valence-corrected chi connectivity index (χ3v) is 4.22. The maximum Gasteiger partial charge on any atom is 0.209 e. The number of hydrogen-bond donors (Lipinski definition) is 0. The van der Waals surface area contributed by atoms with Crippen molar-refractivity contribution in [3.05, 3.63) is 53.8 Å². The molecule has 81 valence electrons. The van der Waals surface area contributed by atoms with Crippen molar-refractivity contribution < 1.29 is 8.42 Å². The Morgan fingerprint density at radius 3 is 2.44 bits per heavy atom. The number of rotatable bonds is 2. The van der Waals surface area contributed by atoms with Gasteiger partial charge in [-0.1, -0.05) is 29.8 Å². The summed E-state index contributed by atoms with van der Waals surface area (Å²) >= 11 is 5.74. The van der Waals surface area contributed by atoms with E-state index in [1.807, 2.05) is 0 Å². The van der Waals surface area contributed by atoms with Gasteiger partial charge < -0.3 is 0 Å². The second-order valence-corrected chi connectivity index (χ2v) is 5.32. The Labute approximate surface area is 98.6 Å². The largest absolute Gasteiger partial charge is 0.233 e. The summed E-state index contributed by atoms with van der Waals surface area (Å²) < 4.78 is 24.2. The van der Waals surface area contributed by atoms with E-state index in [2.05, 4.69) is 11.2 Å². The van der Waals surface area contributed by atoms with Crippen LogP contribution in [0.5, 0.6) is 0 Å². The number of benzene rings is 1. The second kappa shape index (κ2) is 4.23. The minimum absolute atomic E-state index is 0.000818. The molecule has 2 rings (SSSR count). The van der Waals surface area contributed by atoms with Crippen LogP contribution in [0.25, 0.3) is 0 Å². The highest BCUT2D eigenvalue weighted by molar-refractivity contribution is 7.91. The molecule has 1 aromatic carbocycles. The van der Waals surface area contributed by atoms with E-state index in [1.165, 1.54) is 24.3 Å². The minimum atomic E-state index is -3.58. The average molecular weight is 253 g/mol. The Balaban J connectivity index is 2.62. The molecule has 16 heavy (non-hydrogen) atoms. The number of sulfone groups is 1. The number of hydrogen-bond acceptors (Lipinski definition) is 3. The lowest BCUT2D eigenvalue weighted by molar-refractivity contribution is 0.595. The molecule has 0 spiro atoms. The van der Waals surface area contributed by atoms with Crippen LogP contribution in [0.15, 0.2) is 52.3 Å². The number of halogens is 1.